The number of hydrogen-bond acceptors (Lipinski definition) is 2. The topological polar surface area (TPSA) is 21.6 Å². The van der Waals surface area contributed by atoms with Gasteiger partial charge in [0, 0.05) is 12.1 Å². The standard InChI is InChI=1S/C8H15NO/c1-5-6-8(10-4)9-7(2)3/h2,5-6H2,1,3-4H3. The second-order valence-electron chi connectivity index (χ2n) is 2.19. The van der Waals surface area contributed by atoms with Crippen LogP contribution in [-0.4, -0.2) is 13.0 Å². The van der Waals surface area contributed by atoms with Crippen LogP contribution in [-0.2, 0) is 4.74 Å². The summed E-state index contributed by atoms with van der Waals surface area (Å²) in [6.07, 6.45) is 1.95. The lowest BCUT2D eigenvalue weighted by Crippen LogP contribution is -1.99. The van der Waals surface area contributed by atoms with E-state index in [0.717, 1.165) is 24.4 Å². The van der Waals surface area contributed by atoms with Crippen LogP contribution in [0.3, 0.4) is 0 Å². The predicted octanol–water partition coefficient (Wildman–Crippen LogP) is 2.37. The fraction of sp³-hybridized carbons (Fsp3) is 0.625. The van der Waals surface area contributed by atoms with Gasteiger partial charge in [-0.2, -0.15) is 0 Å². The summed E-state index contributed by atoms with van der Waals surface area (Å²) in [5.74, 6) is 0.773. The fourth-order valence-corrected chi connectivity index (χ4v) is 0.630. The quantitative estimate of drug-likeness (QED) is 0.436. The second kappa shape index (κ2) is 5.03. The van der Waals surface area contributed by atoms with Crippen LogP contribution in [0.4, 0.5) is 0 Å². The maximum absolute atomic E-state index is 4.99. The zero-order valence-corrected chi connectivity index (χ0v) is 6.98. The third-order valence-corrected chi connectivity index (χ3v) is 1.02. The summed E-state index contributed by atoms with van der Waals surface area (Å²) < 4.78 is 4.99. The van der Waals surface area contributed by atoms with Gasteiger partial charge in [0.2, 0.25) is 0 Å². The van der Waals surface area contributed by atoms with Gasteiger partial charge in [0.1, 0.15) is 0 Å². The number of hydrogen-bond donors (Lipinski definition) is 0. The summed E-state index contributed by atoms with van der Waals surface area (Å²) in [7, 11) is 1.64. The van der Waals surface area contributed by atoms with Crippen molar-refractivity contribution in [2.24, 2.45) is 4.99 Å². The molecule has 0 fully saturated rings. The molecule has 0 aromatic heterocycles. The van der Waals surface area contributed by atoms with E-state index in [-0.39, 0.29) is 0 Å². The molecule has 0 heterocycles. The minimum atomic E-state index is 0.773. The Kier molecular flexibility index (Phi) is 4.63. The molecule has 0 unspecified atom stereocenters. The Bertz CT molecular complexity index is 138. The van der Waals surface area contributed by atoms with Crippen LogP contribution < -0.4 is 0 Å². The lowest BCUT2D eigenvalue weighted by Gasteiger charge is -2.01. The van der Waals surface area contributed by atoms with Gasteiger partial charge >= 0.3 is 0 Å². The van der Waals surface area contributed by atoms with Gasteiger partial charge in [-0.1, -0.05) is 13.5 Å². The van der Waals surface area contributed by atoms with E-state index in [1.807, 2.05) is 6.92 Å². The molecule has 0 aromatic carbocycles. The first-order valence-corrected chi connectivity index (χ1v) is 3.47. The van der Waals surface area contributed by atoms with Crippen molar-refractivity contribution >= 4 is 5.90 Å². The largest absolute Gasteiger partial charge is 0.484 e. The highest BCUT2D eigenvalue weighted by molar-refractivity contribution is 5.76. The Morgan fingerprint density at radius 3 is 2.50 bits per heavy atom. The van der Waals surface area contributed by atoms with Gasteiger partial charge in [-0.3, -0.25) is 0 Å². The number of nitrogens with zero attached hydrogens (tertiary/aromatic N) is 1. The summed E-state index contributed by atoms with van der Waals surface area (Å²) in [6, 6.07) is 0. The minimum Gasteiger partial charge on any atom is -0.484 e. The van der Waals surface area contributed by atoms with Gasteiger partial charge < -0.3 is 4.74 Å². The molecule has 0 saturated heterocycles. The average molecular weight is 141 g/mol. The van der Waals surface area contributed by atoms with E-state index in [1.54, 1.807) is 7.11 Å². The first kappa shape index (κ1) is 9.21. The molecule has 0 aliphatic carbocycles. The molecule has 2 heteroatoms. The van der Waals surface area contributed by atoms with Crippen molar-refractivity contribution in [2.45, 2.75) is 26.7 Å². The van der Waals surface area contributed by atoms with Crippen molar-refractivity contribution in [1.29, 1.82) is 0 Å². The van der Waals surface area contributed by atoms with Crippen LogP contribution in [0.1, 0.15) is 26.7 Å². The van der Waals surface area contributed by atoms with Crippen LogP contribution in [0.5, 0.6) is 0 Å². The van der Waals surface area contributed by atoms with Crippen LogP contribution in [0.15, 0.2) is 17.3 Å². The number of methoxy groups -OCH3 is 1. The highest BCUT2D eigenvalue weighted by atomic mass is 16.5. The zero-order chi connectivity index (χ0) is 7.98. The van der Waals surface area contributed by atoms with Gasteiger partial charge in [0.15, 0.2) is 5.90 Å². The van der Waals surface area contributed by atoms with Crippen molar-refractivity contribution in [3.05, 3.63) is 12.3 Å². The molecule has 0 aliphatic heterocycles. The second-order valence-corrected chi connectivity index (χ2v) is 2.19. The highest BCUT2D eigenvalue weighted by Crippen LogP contribution is 1.97. The van der Waals surface area contributed by atoms with Crippen molar-refractivity contribution < 1.29 is 4.74 Å². The van der Waals surface area contributed by atoms with E-state index in [4.69, 9.17) is 4.74 Å². The maximum atomic E-state index is 4.99. The zero-order valence-electron chi connectivity index (χ0n) is 6.98. The number of aliphatic imine (C=N–C) groups is 1. The lowest BCUT2D eigenvalue weighted by molar-refractivity contribution is 0.389. The Labute approximate surface area is 62.6 Å². The molecule has 0 rings (SSSR count). The molecule has 0 spiro atoms. The molecule has 0 bridgehead atoms. The molecule has 0 atom stereocenters. The van der Waals surface area contributed by atoms with Crippen LogP contribution in [0.25, 0.3) is 0 Å². The van der Waals surface area contributed by atoms with Crippen molar-refractivity contribution in [2.75, 3.05) is 7.11 Å². The molecular formula is C8H15NO. The SMILES string of the molecule is C=C(C)N=C(CCC)OC. The minimum absolute atomic E-state index is 0.773. The van der Waals surface area contributed by atoms with Gasteiger partial charge in [-0.15, -0.1) is 0 Å². The molecule has 0 amide bonds. The van der Waals surface area contributed by atoms with Crippen LogP contribution in [0, 0.1) is 0 Å². The normalized spacial score (nSPS) is 11.3. The Morgan fingerprint density at radius 2 is 2.20 bits per heavy atom. The van der Waals surface area contributed by atoms with Crippen molar-refractivity contribution in [3.63, 3.8) is 0 Å². The molecule has 0 radical (unpaired) electrons. The Hall–Kier alpha value is -0.790. The summed E-state index contributed by atoms with van der Waals surface area (Å²) in [6.45, 7) is 7.60. The first-order chi connectivity index (χ1) is 4.70. The number of ether oxygens (including phenoxy) is 1. The van der Waals surface area contributed by atoms with E-state index in [2.05, 4.69) is 18.5 Å². The first-order valence-electron chi connectivity index (χ1n) is 3.47. The summed E-state index contributed by atoms with van der Waals surface area (Å²) >= 11 is 0. The van der Waals surface area contributed by atoms with Gasteiger partial charge in [-0.25, -0.2) is 4.99 Å². The van der Waals surface area contributed by atoms with Gasteiger partial charge in [-0.05, 0) is 13.3 Å². The highest BCUT2D eigenvalue weighted by Gasteiger charge is 1.93. The van der Waals surface area contributed by atoms with Gasteiger partial charge in [0.05, 0.1) is 7.11 Å². The fourth-order valence-electron chi connectivity index (χ4n) is 0.630. The number of rotatable bonds is 3. The third kappa shape index (κ3) is 4.13. The maximum Gasteiger partial charge on any atom is 0.187 e. The number of allylic oxidation sites excluding steroid dienone is 1. The van der Waals surface area contributed by atoms with Crippen LogP contribution >= 0.6 is 0 Å². The summed E-state index contributed by atoms with van der Waals surface area (Å²) in [5, 5.41) is 0. The molecule has 0 aliphatic rings. The van der Waals surface area contributed by atoms with Gasteiger partial charge in [0.25, 0.3) is 0 Å². The van der Waals surface area contributed by atoms with E-state index >= 15 is 0 Å². The molecule has 0 saturated carbocycles. The third-order valence-electron chi connectivity index (χ3n) is 1.02. The van der Waals surface area contributed by atoms with Crippen molar-refractivity contribution in [1.82, 2.24) is 0 Å². The molecule has 10 heavy (non-hydrogen) atoms. The van der Waals surface area contributed by atoms with E-state index in [1.165, 1.54) is 0 Å². The molecule has 0 aromatic rings. The smallest absolute Gasteiger partial charge is 0.187 e. The van der Waals surface area contributed by atoms with E-state index in [9.17, 15) is 0 Å². The molecular weight excluding hydrogens is 126 g/mol. The predicted molar refractivity (Wildman–Crippen MR) is 44.2 cm³/mol. The lowest BCUT2D eigenvalue weighted by atomic mass is 10.3. The van der Waals surface area contributed by atoms with E-state index < -0.39 is 0 Å². The summed E-state index contributed by atoms with van der Waals surface area (Å²) in [4.78, 5) is 4.09. The molecule has 0 N–H and O–H groups in total. The average Bonchev–Trinajstić information content (AvgIpc) is 1.86. The molecule has 2 nitrogen and oxygen atoms in total. The van der Waals surface area contributed by atoms with Crippen LogP contribution in [0.2, 0.25) is 0 Å². The monoisotopic (exact) mass is 141 g/mol. The molecule has 58 valence electrons. The Morgan fingerprint density at radius 1 is 1.60 bits per heavy atom. The van der Waals surface area contributed by atoms with E-state index in [0.29, 0.717) is 0 Å². The Balaban J connectivity index is 3.91. The summed E-state index contributed by atoms with van der Waals surface area (Å²) in [5.41, 5.74) is 0.797. The van der Waals surface area contributed by atoms with Crippen molar-refractivity contribution in [3.8, 4) is 0 Å².